The van der Waals surface area contributed by atoms with Gasteiger partial charge in [-0.3, -0.25) is 14.9 Å². The summed E-state index contributed by atoms with van der Waals surface area (Å²) in [6.45, 7) is 0.306. The number of carbonyl (C=O) groups excluding carboxylic acids is 1. The molecule has 0 heterocycles. The van der Waals surface area contributed by atoms with Crippen molar-refractivity contribution in [3.8, 4) is 5.75 Å². The predicted octanol–water partition coefficient (Wildman–Crippen LogP) is 5.08. The van der Waals surface area contributed by atoms with Crippen molar-refractivity contribution in [2.45, 2.75) is 6.61 Å². The summed E-state index contributed by atoms with van der Waals surface area (Å²) in [6, 6.07) is 19.9. The number of halogens is 1. The average molecular weight is 383 g/mol. The van der Waals surface area contributed by atoms with E-state index >= 15 is 0 Å². The molecule has 0 unspecified atom stereocenters. The Morgan fingerprint density at radius 2 is 1.74 bits per heavy atom. The maximum Gasteiger partial charge on any atom is 0.269 e. The lowest BCUT2D eigenvalue weighted by atomic mass is 10.1. The second kappa shape index (κ2) is 8.33. The molecular formula is C20H15ClN2O4. The topological polar surface area (TPSA) is 81.5 Å². The van der Waals surface area contributed by atoms with Gasteiger partial charge in [0.15, 0.2) is 0 Å². The second-order valence-corrected chi connectivity index (χ2v) is 6.11. The molecule has 3 aromatic carbocycles. The molecule has 0 saturated heterocycles. The van der Waals surface area contributed by atoms with Gasteiger partial charge in [-0.05, 0) is 35.9 Å². The first-order chi connectivity index (χ1) is 13.0. The number of amides is 1. The summed E-state index contributed by atoms with van der Waals surface area (Å²) in [5, 5.41) is 13.8. The number of nitro groups is 1. The maximum absolute atomic E-state index is 12.6. The van der Waals surface area contributed by atoms with E-state index in [9.17, 15) is 14.9 Å². The minimum absolute atomic E-state index is 0.0531. The van der Waals surface area contributed by atoms with Crippen LogP contribution < -0.4 is 10.1 Å². The van der Waals surface area contributed by atoms with Gasteiger partial charge in [0.05, 0.1) is 10.5 Å². The minimum atomic E-state index is -0.502. The third-order valence-electron chi connectivity index (χ3n) is 3.76. The molecule has 0 fully saturated rings. The number of nitrogens with one attached hydrogen (secondary N) is 1. The molecule has 0 aliphatic rings. The number of anilines is 1. The van der Waals surface area contributed by atoms with Crippen molar-refractivity contribution in [2.75, 3.05) is 5.32 Å². The van der Waals surface area contributed by atoms with Crippen LogP contribution in [-0.2, 0) is 6.61 Å². The van der Waals surface area contributed by atoms with Gasteiger partial charge in [0, 0.05) is 22.8 Å². The van der Waals surface area contributed by atoms with Gasteiger partial charge in [-0.25, -0.2) is 0 Å². The zero-order chi connectivity index (χ0) is 19.2. The van der Waals surface area contributed by atoms with Gasteiger partial charge < -0.3 is 10.1 Å². The van der Waals surface area contributed by atoms with Crippen molar-refractivity contribution in [2.24, 2.45) is 0 Å². The second-order valence-electron chi connectivity index (χ2n) is 5.67. The van der Waals surface area contributed by atoms with Gasteiger partial charge in [-0.2, -0.15) is 0 Å². The molecule has 1 N–H and O–H groups in total. The molecule has 0 aromatic heterocycles. The van der Waals surface area contributed by atoms with Crippen LogP contribution in [-0.4, -0.2) is 10.8 Å². The highest BCUT2D eigenvalue weighted by Gasteiger charge is 2.15. The predicted molar refractivity (Wildman–Crippen MR) is 103 cm³/mol. The van der Waals surface area contributed by atoms with E-state index in [1.165, 1.54) is 30.3 Å². The Kier molecular flexibility index (Phi) is 5.68. The Morgan fingerprint density at radius 3 is 2.41 bits per heavy atom. The van der Waals surface area contributed by atoms with Crippen LogP contribution in [0.25, 0.3) is 0 Å². The molecule has 3 rings (SSSR count). The number of non-ortho nitro benzene ring substituents is 1. The number of carbonyl (C=O) groups is 1. The largest absolute Gasteiger partial charge is 0.488 e. The monoisotopic (exact) mass is 382 g/mol. The first kappa shape index (κ1) is 18.4. The molecule has 0 atom stereocenters. The van der Waals surface area contributed by atoms with Gasteiger partial charge in [0.25, 0.3) is 11.6 Å². The van der Waals surface area contributed by atoms with E-state index in [1.807, 2.05) is 30.3 Å². The maximum atomic E-state index is 12.6. The number of hydrogen-bond donors (Lipinski definition) is 1. The molecular weight excluding hydrogens is 368 g/mol. The first-order valence-electron chi connectivity index (χ1n) is 8.05. The number of ether oxygens (including phenoxy) is 1. The van der Waals surface area contributed by atoms with Gasteiger partial charge >= 0.3 is 0 Å². The molecule has 136 valence electrons. The van der Waals surface area contributed by atoms with E-state index in [4.69, 9.17) is 16.3 Å². The zero-order valence-corrected chi connectivity index (χ0v) is 14.8. The van der Waals surface area contributed by atoms with Crippen LogP contribution in [0.2, 0.25) is 5.02 Å². The van der Waals surface area contributed by atoms with Crippen LogP contribution in [0.4, 0.5) is 11.4 Å². The lowest BCUT2D eigenvalue weighted by Crippen LogP contribution is -2.13. The Labute approximate surface area is 160 Å². The fourth-order valence-electron chi connectivity index (χ4n) is 2.41. The van der Waals surface area contributed by atoms with Crippen LogP contribution in [0.3, 0.4) is 0 Å². The van der Waals surface area contributed by atoms with E-state index < -0.39 is 10.8 Å². The third kappa shape index (κ3) is 4.83. The molecule has 27 heavy (non-hydrogen) atoms. The minimum Gasteiger partial charge on any atom is -0.488 e. The molecule has 3 aromatic rings. The van der Waals surface area contributed by atoms with Gasteiger partial charge in [-0.15, -0.1) is 0 Å². The SMILES string of the molecule is O=C(Nc1ccc([N+](=O)[O-])cc1)c1cc(Cl)ccc1OCc1ccccc1. The molecule has 0 spiro atoms. The van der Waals surface area contributed by atoms with Crippen LogP contribution in [0.1, 0.15) is 15.9 Å². The van der Waals surface area contributed by atoms with Gasteiger partial charge in [0.2, 0.25) is 0 Å². The van der Waals surface area contributed by atoms with Crippen molar-refractivity contribution in [1.29, 1.82) is 0 Å². The van der Waals surface area contributed by atoms with Crippen molar-refractivity contribution >= 4 is 28.9 Å². The molecule has 1 amide bonds. The fourth-order valence-corrected chi connectivity index (χ4v) is 2.58. The van der Waals surface area contributed by atoms with Gasteiger partial charge in [0.1, 0.15) is 12.4 Å². The summed E-state index contributed by atoms with van der Waals surface area (Å²) in [5.41, 5.74) is 1.62. The van der Waals surface area contributed by atoms with Crippen molar-refractivity contribution < 1.29 is 14.5 Å². The molecule has 0 saturated carbocycles. The Bertz CT molecular complexity index is 959. The number of nitrogens with zero attached hydrogens (tertiary/aromatic N) is 1. The quantitative estimate of drug-likeness (QED) is 0.476. The summed E-state index contributed by atoms with van der Waals surface area (Å²) >= 11 is 6.03. The van der Waals surface area contributed by atoms with E-state index in [-0.39, 0.29) is 11.3 Å². The molecule has 0 radical (unpaired) electrons. The summed E-state index contributed by atoms with van der Waals surface area (Å²) in [7, 11) is 0. The van der Waals surface area contributed by atoms with Crippen LogP contribution >= 0.6 is 11.6 Å². The fraction of sp³-hybridized carbons (Fsp3) is 0.0500. The Balaban J connectivity index is 1.76. The highest BCUT2D eigenvalue weighted by atomic mass is 35.5. The van der Waals surface area contributed by atoms with Crippen molar-refractivity contribution in [1.82, 2.24) is 0 Å². The molecule has 0 bridgehead atoms. The third-order valence-corrected chi connectivity index (χ3v) is 3.99. The molecule has 0 aliphatic heterocycles. The number of nitro benzene ring substituents is 1. The Morgan fingerprint density at radius 1 is 1.04 bits per heavy atom. The summed E-state index contributed by atoms with van der Waals surface area (Å²) < 4.78 is 5.78. The molecule has 6 nitrogen and oxygen atoms in total. The van der Waals surface area contributed by atoms with Crippen LogP contribution in [0.15, 0.2) is 72.8 Å². The summed E-state index contributed by atoms with van der Waals surface area (Å²) in [4.78, 5) is 22.8. The zero-order valence-electron chi connectivity index (χ0n) is 14.1. The van der Waals surface area contributed by atoms with Gasteiger partial charge in [-0.1, -0.05) is 41.9 Å². The summed E-state index contributed by atoms with van der Waals surface area (Å²) in [6.07, 6.45) is 0. The van der Waals surface area contributed by atoms with E-state index in [0.717, 1.165) is 5.56 Å². The highest BCUT2D eigenvalue weighted by molar-refractivity contribution is 6.31. The standard InChI is InChI=1S/C20H15ClN2O4/c21-15-6-11-19(27-13-14-4-2-1-3-5-14)18(12-15)20(24)22-16-7-9-17(10-8-16)23(25)26/h1-12H,13H2,(H,22,24). The molecule has 0 aliphatic carbocycles. The van der Waals surface area contributed by atoms with E-state index in [2.05, 4.69) is 5.32 Å². The smallest absolute Gasteiger partial charge is 0.269 e. The number of benzene rings is 3. The molecule has 7 heteroatoms. The lowest BCUT2D eigenvalue weighted by Gasteiger charge is -2.12. The van der Waals surface area contributed by atoms with Crippen molar-refractivity contribution in [3.05, 3.63) is 99.1 Å². The lowest BCUT2D eigenvalue weighted by molar-refractivity contribution is -0.384. The number of hydrogen-bond acceptors (Lipinski definition) is 4. The Hall–Kier alpha value is -3.38. The average Bonchev–Trinajstić information content (AvgIpc) is 2.68. The first-order valence-corrected chi connectivity index (χ1v) is 8.43. The normalized spacial score (nSPS) is 10.3. The van der Waals surface area contributed by atoms with E-state index in [0.29, 0.717) is 23.1 Å². The van der Waals surface area contributed by atoms with Crippen LogP contribution in [0, 0.1) is 10.1 Å². The van der Waals surface area contributed by atoms with Crippen LogP contribution in [0.5, 0.6) is 5.75 Å². The highest BCUT2D eigenvalue weighted by Crippen LogP contribution is 2.25. The van der Waals surface area contributed by atoms with E-state index in [1.54, 1.807) is 12.1 Å². The number of rotatable bonds is 6. The summed E-state index contributed by atoms with van der Waals surface area (Å²) in [5.74, 6) is -0.0305. The van der Waals surface area contributed by atoms with Crippen molar-refractivity contribution in [3.63, 3.8) is 0 Å².